The summed E-state index contributed by atoms with van der Waals surface area (Å²) < 4.78 is 1.75. The minimum absolute atomic E-state index is 0.0299. The molecule has 2 aromatic heterocycles. The van der Waals surface area contributed by atoms with E-state index in [1.807, 2.05) is 0 Å². The number of hydrogen-bond acceptors (Lipinski definition) is 4. The van der Waals surface area contributed by atoms with Crippen molar-refractivity contribution in [3.8, 4) is 5.82 Å². The molecule has 1 N–H and O–H groups in total. The second-order valence-electron chi connectivity index (χ2n) is 5.15. The molecule has 0 aromatic carbocycles. The molecular formula is C15H17N5O2. The quantitative estimate of drug-likeness (QED) is 0.897. The molecule has 0 saturated carbocycles. The molecule has 22 heavy (non-hydrogen) atoms. The molecule has 114 valence electrons. The zero-order valence-corrected chi connectivity index (χ0v) is 12.1. The molecule has 0 bridgehead atoms. The topological polar surface area (TPSA) is 80.1 Å². The molecule has 0 unspecified atom stereocenters. The zero-order valence-electron chi connectivity index (χ0n) is 12.1. The Hall–Kier alpha value is -2.70. The van der Waals surface area contributed by atoms with Crippen molar-refractivity contribution in [1.82, 2.24) is 24.8 Å². The van der Waals surface area contributed by atoms with Gasteiger partial charge in [-0.1, -0.05) is 0 Å². The predicted octanol–water partition coefficient (Wildman–Crippen LogP) is 0.619. The van der Waals surface area contributed by atoms with Gasteiger partial charge in [0.1, 0.15) is 12.1 Å². The highest BCUT2D eigenvalue weighted by molar-refractivity contribution is 5.96. The van der Waals surface area contributed by atoms with E-state index in [1.165, 1.54) is 6.20 Å². The minimum Gasteiger partial charge on any atom is -0.343 e. The Bertz CT molecular complexity index is 645. The van der Waals surface area contributed by atoms with E-state index in [9.17, 15) is 9.59 Å². The van der Waals surface area contributed by atoms with Crippen LogP contribution in [0.25, 0.3) is 5.82 Å². The van der Waals surface area contributed by atoms with Crippen molar-refractivity contribution in [2.75, 3.05) is 19.6 Å². The van der Waals surface area contributed by atoms with Crippen molar-refractivity contribution >= 4 is 11.8 Å². The second-order valence-corrected chi connectivity index (χ2v) is 5.15. The first kappa shape index (κ1) is 14.2. The van der Waals surface area contributed by atoms with Gasteiger partial charge in [-0.15, -0.1) is 0 Å². The van der Waals surface area contributed by atoms with E-state index in [4.69, 9.17) is 0 Å². The molecule has 1 fully saturated rings. The van der Waals surface area contributed by atoms with Crippen molar-refractivity contribution in [3.05, 3.63) is 42.6 Å². The number of nitrogens with zero attached hydrogens (tertiary/aromatic N) is 4. The summed E-state index contributed by atoms with van der Waals surface area (Å²) in [6.07, 6.45) is 8.64. The Balaban J connectivity index is 1.57. The average molecular weight is 299 g/mol. The van der Waals surface area contributed by atoms with Crippen molar-refractivity contribution in [1.29, 1.82) is 0 Å². The van der Waals surface area contributed by atoms with Gasteiger partial charge < -0.3 is 10.2 Å². The largest absolute Gasteiger partial charge is 0.343 e. The second kappa shape index (κ2) is 6.38. The van der Waals surface area contributed by atoms with E-state index in [0.29, 0.717) is 11.4 Å². The molecule has 0 atom stereocenters. The number of aromatic nitrogens is 3. The fourth-order valence-electron chi connectivity index (χ4n) is 2.40. The van der Waals surface area contributed by atoms with Gasteiger partial charge in [0, 0.05) is 31.7 Å². The van der Waals surface area contributed by atoms with Crippen molar-refractivity contribution < 1.29 is 9.59 Å². The molecule has 0 radical (unpaired) electrons. The third-order valence-corrected chi connectivity index (χ3v) is 3.64. The summed E-state index contributed by atoms with van der Waals surface area (Å²) >= 11 is 0. The number of carbonyl (C=O) groups is 2. The number of amides is 2. The molecule has 1 aliphatic heterocycles. The highest BCUT2D eigenvalue weighted by atomic mass is 16.2. The Morgan fingerprint density at radius 3 is 2.68 bits per heavy atom. The summed E-state index contributed by atoms with van der Waals surface area (Å²) in [5, 5.41) is 2.64. The zero-order chi connectivity index (χ0) is 15.4. The van der Waals surface area contributed by atoms with Gasteiger partial charge in [-0.25, -0.2) is 9.97 Å². The minimum atomic E-state index is -0.294. The van der Waals surface area contributed by atoms with Gasteiger partial charge in [-0.2, -0.15) is 0 Å². The summed E-state index contributed by atoms with van der Waals surface area (Å²) in [6.45, 7) is 1.60. The number of likely N-dealkylation sites (tertiary alicyclic amines) is 1. The van der Waals surface area contributed by atoms with E-state index in [2.05, 4.69) is 15.3 Å². The Labute approximate surface area is 128 Å². The summed E-state index contributed by atoms with van der Waals surface area (Å²) in [6, 6.07) is 3.41. The van der Waals surface area contributed by atoms with Crippen LogP contribution in [0.5, 0.6) is 0 Å². The van der Waals surface area contributed by atoms with Crippen LogP contribution in [0.2, 0.25) is 0 Å². The van der Waals surface area contributed by atoms with Crippen LogP contribution in [0.4, 0.5) is 0 Å². The first-order chi connectivity index (χ1) is 10.7. The molecule has 7 heteroatoms. The number of rotatable bonds is 4. The summed E-state index contributed by atoms with van der Waals surface area (Å²) in [5.74, 6) is 0.355. The van der Waals surface area contributed by atoms with E-state index >= 15 is 0 Å². The van der Waals surface area contributed by atoms with Gasteiger partial charge in [0.05, 0.1) is 12.1 Å². The molecule has 2 amide bonds. The van der Waals surface area contributed by atoms with Crippen LogP contribution in [0, 0.1) is 0 Å². The number of hydrogen-bond donors (Lipinski definition) is 1. The molecular weight excluding hydrogens is 282 g/mol. The van der Waals surface area contributed by atoms with Gasteiger partial charge in [-0.3, -0.25) is 14.2 Å². The summed E-state index contributed by atoms with van der Waals surface area (Å²) in [4.78, 5) is 33.8. The number of nitrogens with one attached hydrogen (secondary N) is 1. The smallest absolute Gasteiger partial charge is 0.253 e. The SMILES string of the molecule is O=C(NCC(=O)N1CCCC1)c1ccc(-n2ccnc2)nc1. The first-order valence-electron chi connectivity index (χ1n) is 7.24. The van der Waals surface area contributed by atoms with Gasteiger partial charge in [0.2, 0.25) is 5.91 Å². The van der Waals surface area contributed by atoms with Crippen LogP contribution in [-0.2, 0) is 4.79 Å². The van der Waals surface area contributed by atoms with Gasteiger partial charge >= 0.3 is 0 Å². The molecule has 0 aliphatic carbocycles. The fourth-order valence-corrected chi connectivity index (χ4v) is 2.40. The number of imidazole rings is 1. The highest BCUT2D eigenvalue weighted by Gasteiger charge is 2.18. The fraction of sp³-hybridized carbons (Fsp3) is 0.333. The first-order valence-corrected chi connectivity index (χ1v) is 7.24. The molecule has 0 spiro atoms. The third kappa shape index (κ3) is 3.13. The standard InChI is InChI=1S/C15H17N5O2/c21-14(19-6-1-2-7-19)10-18-15(22)12-3-4-13(17-9-12)20-8-5-16-11-20/h3-5,8-9,11H,1-2,6-7,10H2,(H,18,22). The van der Waals surface area contributed by atoms with Crippen molar-refractivity contribution in [2.45, 2.75) is 12.8 Å². The van der Waals surface area contributed by atoms with E-state index in [1.54, 1.807) is 40.3 Å². The van der Waals surface area contributed by atoms with E-state index in [0.717, 1.165) is 25.9 Å². The van der Waals surface area contributed by atoms with Gasteiger partial charge in [0.25, 0.3) is 5.91 Å². The monoisotopic (exact) mass is 299 g/mol. The van der Waals surface area contributed by atoms with Crippen molar-refractivity contribution in [3.63, 3.8) is 0 Å². The van der Waals surface area contributed by atoms with Gasteiger partial charge in [-0.05, 0) is 25.0 Å². The van der Waals surface area contributed by atoms with Crippen LogP contribution >= 0.6 is 0 Å². The Morgan fingerprint density at radius 1 is 1.23 bits per heavy atom. The highest BCUT2D eigenvalue weighted by Crippen LogP contribution is 2.07. The Morgan fingerprint density at radius 2 is 2.05 bits per heavy atom. The predicted molar refractivity (Wildman–Crippen MR) is 79.5 cm³/mol. The van der Waals surface area contributed by atoms with Crippen LogP contribution in [0.15, 0.2) is 37.1 Å². The molecule has 3 rings (SSSR count). The molecule has 1 saturated heterocycles. The lowest BCUT2D eigenvalue weighted by Crippen LogP contribution is -2.38. The van der Waals surface area contributed by atoms with Crippen LogP contribution in [0.1, 0.15) is 23.2 Å². The van der Waals surface area contributed by atoms with E-state index in [-0.39, 0.29) is 18.4 Å². The molecule has 7 nitrogen and oxygen atoms in total. The molecule has 2 aromatic rings. The lowest BCUT2D eigenvalue weighted by molar-refractivity contribution is -0.129. The third-order valence-electron chi connectivity index (χ3n) is 3.64. The number of carbonyl (C=O) groups excluding carboxylic acids is 2. The maximum absolute atomic E-state index is 12.0. The van der Waals surface area contributed by atoms with Crippen LogP contribution in [0.3, 0.4) is 0 Å². The summed E-state index contributed by atoms with van der Waals surface area (Å²) in [7, 11) is 0. The number of pyridine rings is 1. The lowest BCUT2D eigenvalue weighted by atomic mass is 10.2. The average Bonchev–Trinajstić information content (AvgIpc) is 3.25. The molecule has 3 heterocycles. The lowest BCUT2D eigenvalue weighted by Gasteiger charge is -2.15. The normalized spacial score (nSPS) is 14.1. The van der Waals surface area contributed by atoms with Gasteiger partial charge in [0.15, 0.2) is 0 Å². The molecule has 1 aliphatic rings. The summed E-state index contributed by atoms with van der Waals surface area (Å²) in [5.41, 5.74) is 0.429. The van der Waals surface area contributed by atoms with Crippen molar-refractivity contribution in [2.24, 2.45) is 0 Å². The van der Waals surface area contributed by atoms with E-state index < -0.39 is 0 Å². The van der Waals surface area contributed by atoms with Crippen LogP contribution in [-0.4, -0.2) is 50.9 Å². The van der Waals surface area contributed by atoms with Crippen LogP contribution < -0.4 is 5.32 Å². The maximum atomic E-state index is 12.0. The Kier molecular flexibility index (Phi) is 4.13. The maximum Gasteiger partial charge on any atom is 0.253 e.